The van der Waals surface area contributed by atoms with E-state index >= 15 is 0 Å². The lowest BCUT2D eigenvalue weighted by atomic mass is 10.1. The Kier molecular flexibility index (Phi) is 3.61. The molecule has 0 spiro atoms. The number of hydrogen-bond donors (Lipinski definition) is 1. The second kappa shape index (κ2) is 5.18. The van der Waals surface area contributed by atoms with E-state index in [1.54, 1.807) is 0 Å². The van der Waals surface area contributed by atoms with E-state index in [0.717, 1.165) is 25.3 Å². The first-order chi connectivity index (χ1) is 8.58. The third-order valence-electron chi connectivity index (χ3n) is 2.99. The van der Waals surface area contributed by atoms with Crippen molar-refractivity contribution in [2.24, 2.45) is 0 Å². The largest absolute Gasteiger partial charge is 0.477 e. The summed E-state index contributed by atoms with van der Waals surface area (Å²) in [5, 5.41) is 19.7. The molecule has 18 heavy (non-hydrogen) atoms. The Morgan fingerprint density at radius 2 is 2.39 bits per heavy atom. The topological polar surface area (TPSA) is 94.6 Å². The summed E-state index contributed by atoms with van der Waals surface area (Å²) in [6, 6.07) is 1.07. The summed E-state index contributed by atoms with van der Waals surface area (Å²) in [4.78, 5) is 21.1. The summed E-state index contributed by atoms with van der Waals surface area (Å²) in [6.07, 6.45) is 4.08. The van der Waals surface area contributed by atoms with Gasteiger partial charge in [0.1, 0.15) is 5.69 Å². The number of nitro groups is 1. The maximum atomic E-state index is 11.0. The van der Waals surface area contributed by atoms with Crippen LogP contribution in [0.25, 0.3) is 0 Å². The van der Waals surface area contributed by atoms with Gasteiger partial charge in [0.05, 0.1) is 17.2 Å². The molecule has 0 aromatic carbocycles. The Bertz CT molecular complexity index is 462. The maximum absolute atomic E-state index is 11.0. The number of hydrogen-bond acceptors (Lipinski definition) is 4. The predicted molar refractivity (Wildman–Crippen MR) is 61.6 cm³/mol. The molecule has 7 nitrogen and oxygen atoms in total. The third kappa shape index (κ3) is 2.67. The molecule has 0 saturated carbocycles. The van der Waals surface area contributed by atoms with E-state index in [2.05, 4.69) is 0 Å². The lowest BCUT2D eigenvalue weighted by Gasteiger charge is -2.23. The molecule has 1 aliphatic heterocycles. The second-order valence-corrected chi connectivity index (χ2v) is 4.29. The number of nitrogens with zero attached hydrogens (tertiary/aromatic N) is 2. The van der Waals surface area contributed by atoms with Crippen LogP contribution in [0.3, 0.4) is 0 Å². The first-order valence-corrected chi connectivity index (χ1v) is 5.77. The van der Waals surface area contributed by atoms with Gasteiger partial charge in [-0.1, -0.05) is 0 Å². The highest BCUT2D eigenvalue weighted by Crippen LogP contribution is 2.20. The summed E-state index contributed by atoms with van der Waals surface area (Å²) >= 11 is 0. The average Bonchev–Trinajstić information content (AvgIpc) is 2.74. The average molecular weight is 254 g/mol. The van der Waals surface area contributed by atoms with E-state index in [1.165, 1.54) is 10.8 Å². The molecule has 7 heteroatoms. The molecule has 2 rings (SSSR count). The van der Waals surface area contributed by atoms with Gasteiger partial charge in [0, 0.05) is 19.2 Å². The fourth-order valence-electron chi connectivity index (χ4n) is 2.10. The van der Waals surface area contributed by atoms with Crippen molar-refractivity contribution in [1.82, 2.24) is 4.57 Å². The molecule has 1 aromatic heterocycles. The Labute approximate surface area is 103 Å². The molecule has 98 valence electrons. The van der Waals surface area contributed by atoms with Crippen LogP contribution in [0, 0.1) is 10.1 Å². The highest BCUT2D eigenvalue weighted by molar-refractivity contribution is 5.86. The van der Waals surface area contributed by atoms with Crippen LogP contribution < -0.4 is 0 Å². The van der Waals surface area contributed by atoms with Gasteiger partial charge in [0.25, 0.3) is 5.69 Å². The van der Waals surface area contributed by atoms with E-state index in [1.807, 2.05) is 0 Å². The van der Waals surface area contributed by atoms with Gasteiger partial charge in [-0.15, -0.1) is 0 Å². The van der Waals surface area contributed by atoms with Crippen LogP contribution in [0.2, 0.25) is 0 Å². The van der Waals surface area contributed by atoms with Gasteiger partial charge in [-0.05, 0) is 19.3 Å². The van der Waals surface area contributed by atoms with E-state index in [-0.39, 0.29) is 17.5 Å². The maximum Gasteiger partial charge on any atom is 0.352 e. The third-order valence-corrected chi connectivity index (χ3v) is 2.99. The number of rotatable bonds is 4. The highest BCUT2D eigenvalue weighted by atomic mass is 16.6. The van der Waals surface area contributed by atoms with Crippen molar-refractivity contribution in [3.63, 3.8) is 0 Å². The van der Waals surface area contributed by atoms with Crippen molar-refractivity contribution >= 4 is 11.7 Å². The van der Waals surface area contributed by atoms with E-state index in [9.17, 15) is 14.9 Å². The fourth-order valence-corrected chi connectivity index (χ4v) is 2.10. The van der Waals surface area contributed by atoms with Crippen LogP contribution in [0.15, 0.2) is 12.3 Å². The zero-order chi connectivity index (χ0) is 13.1. The minimum Gasteiger partial charge on any atom is -0.477 e. The van der Waals surface area contributed by atoms with Crippen LogP contribution in [0.1, 0.15) is 29.8 Å². The molecule has 0 aliphatic carbocycles. The van der Waals surface area contributed by atoms with Crippen molar-refractivity contribution in [3.8, 4) is 0 Å². The molecule has 1 aromatic rings. The quantitative estimate of drug-likeness (QED) is 0.651. The summed E-state index contributed by atoms with van der Waals surface area (Å²) in [6.45, 7) is 1.01. The van der Waals surface area contributed by atoms with Crippen molar-refractivity contribution in [2.45, 2.75) is 31.9 Å². The van der Waals surface area contributed by atoms with Crippen LogP contribution >= 0.6 is 0 Å². The molecular formula is C11H14N2O5. The molecule has 1 atom stereocenters. The van der Waals surface area contributed by atoms with E-state index in [0.29, 0.717) is 13.2 Å². The van der Waals surface area contributed by atoms with Gasteiger partial charge in [0.15, 0.2) is 0 Å². The van der Waals surface area contributed by atoms with Gasteiger partial charge in [-0.2, -0.15) is 0 Å². The van der Waals surface area contributed by atoms with E-state index in [4.69, 9.17) is 9.84 Å². The van der Waals surface area contributed by atoms with Crippen molar-refractivity contribution < 1.29 is 19.6 Å². The highest BCUT2D eigenvalue weighted by Gasteiger charge is 2.22. The first kappa shape index (κ1) is 12.6. The van der Waals surface area contributed by atoms with Gasteiger partial charge in [-0.3, -0.25) is 10.1 Å². The van der Waals surface area contributed by atoms with Crippen molar-refractivity contribution in [1.29, 1.82) is 0 Å². The van der Waals surface area contributed by atoms with Crippen molar-refractivity contribution in [3.05, 3.63) is 28.1 Å². The van der Waals surface area contributed by atoms with E-state index < -0.39 is 10.9 Å². The molecule has 2 heterocycles. The number of carboxylic acid groups (broad SMARTS) is 1. The number of carboxylic acids is 1. The minimum absolute atomic E-state index is 0.0659. The summed E-state index contributed by atoms with van der Waals surface area (Å²) in [5.41, 5.74) is -0.279. The number of aromatic carboxylic acids is 1. The van der Waals surface area contributed by atoms with Gasteiger partial charge >= 0.3 is 5.97 Å². The molecule has 1 aliphatic rings. The van der Waals surface area contributed by atoms with Gasteiger partial charge < -0.3 is 14.4 Å². The van der Waals surface area contributed by atoms with Gasteiger partial charge in [0.2, 0.25) is 0 Å². The summed E-state index contributed by atoms with van der Waals surface area (Å²) < 4.78 is 6.89. The van der Waals surface area contributed by atoms with Crippen LogP contribution in [-0.4, -0.2) is 33.3 Å². The molecule has 0 amide bonds. The Morgan fingerprint density at radius 1 is 1.61 bits per heavy atom. The first-order valence-electron chi connectivity index (χ1n) is 5.77. The second-order valence-electron chi connectivity index (χ2n) is 4.29. The minimum atomic E-state index is -1.17. The molecule has 1 unspecified atom stereocenters. The van der Waals surface area contributed by atoms with Crippen molar-refractivity contribution in [2.75, 3.05) is 6.61 Å². The Balaban J connectivity index is 2.19. The summed E-state index contributed by atoms with van der Waals surface area (Å²) in [5.74, 6) is -1.17. The standard InChI is InChI=1S/C11H14N2O5/c14-11(15)10-5-8(13(16)17)6-12(10)7-9-3-1-2-4-18-9/h5-6,9H,1-4,7H2,(H,14,15). The lowest BCUT2D eigenvalue weighted by molar-refractivity contribution is -0.384. The molecule has 0 radical (unpaired) electrons. The Hall–Kier alpha value is -1.89. The molecule has 1 saturated heterocycles. The number of carbonyl (C=O) groups is 1. The zero-order valence-electron chi connectivity index (χ0n) is 9.74. The SMILES string of the molecule is O=C(O)c1cc([N+](=O)[O-])cn1CC1CCCCO1. The van der Waals surface area contributed by atoms with Gasteiger partial charge in [-0.25, -0.2) is 4.79 Å². The van der Waals surface area contributed by atoms with Crippen LogP contribution in [0.4, 0.5) is 5.69 Å². The normalized spacial score (nSPS) is 19.7. The van der Waals surface area contributed by atoms with Crippen LogP contribution in [-0.2, 0) is 11.3 Å². The molecular weight excluding hydrogens is 240 g/mol. The molecule has 1 fully saturated rings. The number of aromatic nitrogens is 1. The lowest BCUT2D eigenvalue weighted by Crippen LogP contribution is -2.25. The van der Waals surface area contributed by atoms with Crippen LogP contribution in [0.5, 0.6) is 0 Å². The fraction of sp³-hybridized carbons (Fsp3) is 0.545. The monoisotopic (exact) mass is 254 g/mol. The Morgan fingerprint density at radius 3 is 2.94 bits per heavy atom. The number of ether oxygens (including phenoxy) is 1. The zero-order valence-corrected chi connectivity index (χ0v) is 9.74. The molecule has 0 bridgehead atoms. The summed E-state index contributed by atoms with van der Waals surface area (Å²) in [7, 11) is 0. The molecule has 1 N–H and O–H groups in total. The predicted octanol–water partition coefficient (Wildman–Crippen LogP) is 1.66. The smallest absolute Gasteiger partial charge is 0.352 e.